The molecule has 0 saturated carbocycles. The number of nitro benzene ring substituents is 1. The number of nitro groups is 1. The predicted octanol–water partition coefficient (Wildman–Crippen LogP) is 5.75. The van der Waals surface area contributed by atoms with Gasteiger partial charge in [-0.15, -0.1) is 0 Å². The standard InChI is InChI=1S/C25H28N4O4/c1-3-4-5-6-9-16-33-24(30)22-17(2)26-25-27-20-10-7-8-11-21(20)28(25)23(22)18-12-14-19(15-13-18)29(31)32/h7-8,10-15,23H,3-6,9,16H2,1-2H3,(H,26,27). The van der Waals surface area contributed by atoms with Crippen LogP contribution in [0.4, 0.5) is 11.6 Å². The van der Waals surface area contributed by atoms with Crippen LogP contribution in [0, 0.1) is 10.1 Å². The van der Waals surface area contributed by atoms with E-state index in [2.05, 4.69) is 17.2 Å². The molecule has 0 fully saturated rings. The van der Waals surface area contributed by atoms with Crippen molar-refractivity contribution >= 4 is 28.6 Å². The Morgan fingerprint density at radius 2 is 1.85 bits per heavy atom. The number of nitrogens with one attached hydrogen (secondary N) is 1. The maximum absolute atomic E-state index is 13.3. The van der Waals surface area contributed by atoms with Gasteiger partial charge in [-0.05, 0) is 43.2 Å². The van der Waals surface area contributed by atoms with E-state index < -0.39 is 11.0 Å². The number of allylic oxidation sites excluding steroid dienone is 1. The van der Waals surface area contributed by atoms with Gasteiger partial charge in [0.15, 0.2) is 0 Å². The molecule has 4 rings (SSSR count). The molecule has 3 aromatic rings. The molecule has 172 valence electrons. The van der Waals surface area contributed by atoms with Gasteiger partial charge in [-0.3, -0.25) is 14.7 Å². The molecule has 0 amide bonds. The molecule has 1 unspecified atom stereocenters. The van der Waals surface area contributed by atoms with Crippen molar-refractivity contribution in [2.75, 3.05) is 11.9 Å². The molecule has 0 spiro atoms. The van der Waals surface area contributed by atoms with Crippen LogP contribution in [0.15, 0.2) is 59.8 Å². The number of rotatable bonds is 9. The fourth-order valence-corrected chi connectivity index (χ4v) is 4.27. The van der Waals surface area contributed by atoms with E-state index in [-0.39, 0.29) is 11.7 Å². The quantitative estimate of drug-likeness (QED) is 0.194. The van der Waals surface area contributed by atoms with E-state index in [4.69, 9.17) is 4.74 Å². The molecule has 33 heavy (non-hydrogen) atoms. The van der Waals surface area contributed by atoms with Crippen molar-refractivity contribution in [1.82, 2.24) is 9.55 Å². The largest absolute Gasteiger partial charge is 0.462 e. The molecular formula is C25H28N4O4. The molecule has 1 aliphatic rings. The second-order valence-corrected chi connectivity index (χ2v) is 8.26. The van der Waals surface area contributed by atoms with Gasteiger partial charge in [0.05, 0.1) is 34.2 Å². The van der Waals surface area contributed by atoms with Crippen LogP contribution in [-0.2, 0) is 9.53 Å². The minimum atomic E-state index is -0.512. The number of benzene rings is 2. The first kappa shape index (κ1) is 22.5. The summed E-state index contributed by atoms with van der Waals surface area (Å²) in [5.41, 5.74) is 3.55. The summed E-state index contributed by atoms with van der Waals surface area (Å²) >= 11 is 0. The molecule has 1 aliphatic heterocycles. The van der Waals surface area contributed by atoms with Crippen LogP contribution in [0.1, 0.15) is 57.6 Å². The summed E-state index contributed by atoms with van der Waals surface area (Å²) in [6, 6.07) is 13.5. The van der Waals surface area contributed by atoms with Crippen LogP contribution < -0.4 is 5.32 Å². The number of carbonyl (C=O) groups excluding carboxylic acids is 1. The number of para-hydroxylation sites is 2. The van der Waals surface area contributed by atoms with Gasteiger partial charge in [-0.1, -0.05) is 44.7 Å². The van der Waals surface area contributed by atoms with Gasteiger partial charge in [0, 0.05) is 17.8 Å². The van der Waals surface area contributed by atoms with Crippen LogP contribution >= 0.6 is 0 Å². The van der Waals surface area contributed by atoms with Crippen LogP contribution in [0.3, 0.4) is 0 Å². The first-order chi connectivity index (χ1) is 16.0. The summed E-state index contributed by atoms with van der Waals surface area (Å²) < 4.78 is 7.63. The first-order valence-electron chi connectivity index (χ1n) is 11.4. The smallest absolute Gasteiger partial charge is 0.338 e. The summed E-state index contributed by atoms with van der Waals surface area (Å²) in [7, 11) is 0. The van der Waals surface area contributed by atoms with Crippen molar-refractivity contribution in [1.29, 1.82) is 0 Å². The average molecular weight is 449 g/mol. The number of ether oxygens (including phenoxy) is 1. The highest BCUT2D eigenvalue weighted by molar-refractivity contribution is 5.94. The number of anilines is 1. The molecule has 2 heterocycles. The number of fused-ring (bicyclic) bond motifs is 3. The second-order valence-electron chi connectivity index (χ2n) is 8.26. The van der Waals surface area contributed by atoms with Gasteiger partial charge in [-0.2, -0.15) is 0 Å². The summed E-state index contributed by atoms with van der Waals surface area (Å²) in [5, 5.41) is 14.4. The molecule has 1 aromatic heterocycles. The van der Waals surface area contributed by atoms with E-state index in [1.54, 1.807) is 12.1 Å². The fraction of sp³-hybridized carbons (Fsp3) is 0.360. The number of imidazole rings is 1. The summed E-state index contributed by atoms with van der Waals surface area (Å²) in [4.78, 5) is 28.7. The lowest BCUT2D eigenvalue weighted by atomic mass is 9.95. The zero-order valence-corrected chi connectivity index (χ0v) is 18.9. The Bertz CT molecular complexity index is 1200. The Labute approximate surface area is 192 Å². The molecule has 8 nitrogen and oxygen atoms in total. The van der Waals surface area contributed by atoms with E-state index in [0.717, 1.165) is 42.3 Å². The van der Waals surface area contributed by atoms with Crippen LogP contribution in [0.25, 0.3) is 11.0 Å². The maximum atomic E-state index is 13.3. The number of hydrogen-bond donors (Lipinski definition) is 1. The number of unbranched alkanes of at least 4 members (excludes halogenated alkanes) is 4. The number of hydrogen-bond acceptors (Lipinski definition) is 6. The van der Waals surface area contributed by atoms with E-state index in [1.165, 1.54) is 18.6 Å². The van der Waals surface area contributed by atoms with Crippen molar-refractivity contribution in [2.24, 2.45) is 0 Å². The third-order valence-electron chi connectivity index (χ3n) is 5.95. The monoisotopic (exact) mass is 448 g/mol. The molecule has 2 aromatic carbocycles. The number of aromatic nitrogens is 2. The third kappa shape index (κ3) is 4.60. The minimum absolute atomic E-state index is 0.000282. The SMILES string of the molecule is CCCCCCCOC(=O)C1=C(C)Nc2nc3ccccc3n2C1c1ccc([N+](=O)[O-])cc1. The average Bonchev–Trinajstić information content (AvgIpc) is 3.18. The predicted molar refractivity (Wildman–Crippen MR) is 127 cm³/mol. The number of nitrogens with zero attached hydrogens (tertiary/aromatic N) is 3. The fourth-order valence-electron chi connectivity index (χ4n) is 4.27. The Morgan fingerprint density at radius 1 is 1.12 bits per heavy atom. The summed E-state index contributed by atoms with van der Waals surface area (Å²) in [6.45, 7) is 4.36. The Balaban J connectivity index is 1.69. The van der Waals surface area contributed by atoms with Crippen LogP contribution in [0.2, 0.25) is 0 Å². The highest BCUT2D eigenvalue weighted by Gasteiger charge is 2.35. The topological polar surface area (TPSA) is 99.3 Å². The van der Waals surface area contributed by atoms with Crippen molar-refractivity contribution in [3.8, 4) is 0 Å². The molecule has 0 radical (unpaired) electrons. The Morgan fingerprint density at radius 3 is 2.58 bits per heavy atom. The molecular weight excluding hydrogens is 420 g/mol. The highest BCUT2D eigenvalue weighted by Crippen LogP contribution is 2.39. The summed E-state index contributed by atoms with van der Waals surface area (Å²) in [5.74, 6) is 0.232. The van der Waals surface area contributed by atoms with Crippen LogP contribution in [0.5, 0.6) is 0 Å². The molecule has 0 bridgehead atoms. The molecule has 8 heteroatoms. The lowest BCUT2D eigenvalue weighted by Gasteiger charge is -2.30. The molecule has 0 saturated heterocycles. The zero-order valence-electron chi connectivity index (χ0n) is 18.9. The first-order valence-corrected chi connectivity index (χ1v) is 11.4. The number of carbonyl (C=O) groups is 1. The van der Waals surface area contributed by atoms with Gasteiger partial charge >= 0.3 is 5.97 Å². The van der Waals surface area contributed by atoms with Gasteiger partial charge in [0.25, 0.3) is 5.69 Å². The van der Waals surface area contributed by atoms with Gasteiger partial charge in [0.1, 0.15) is 0 Å². The van der Waals surface area contributed by atoms with Crippen molar-refractivity contribution in [3.63, 3.8) is 0 Å². The van der Waals surface area contributed by atoms with E-state index in [0.29, 0.717) is 23.8 Å². The van der Waals surface area contributed by atoms with E-state index >= 15 is 0 Å². The normalized spacial score (nSPS) is 15.3. The minimum Gasteiger partial charge on any atom is -0.462 e. The third-order valence-corrected chi connectivity index (χ3v) is 5.95. The van der Waals surface area contributed by atoms with Crippen molar-refractivity contribution < 1.29 is 14.5 Å². The molecule has 1 atom stereocenters. The van der Waals surface area contributed by atoms with Crippen molar-refractivity contribution in [2.45, 2.75) is 52.0 Å². The number of non-ortho nitro benzene ring substituents is 1. The maximum Gasteiger partial charge on any atom is 0.338 e. The van der Waals surface area contributed by atoms with Crippen molar-refractivity contribution in [3.05, 3.63) is 75.5 Å². The molecule has 0 aliphatic carbocycles. The Kier molecular flexibility index (Phi) is 6.72. The van der Waals surface area contributed by atoms with Gasteiger partial charge in [-0.25, -0.2) is 9.78 Å². The Hall–Kier alpha value is -3.68. The van der Waals surface area contributed by atoms with E-state index in [1.807, 2.05) is 35.8 Å². The van der Waals surface area contributed by atoms with Gasteiger partial charge in [0.2, 0.25) is 5.95 Å². The second kappa shape index (κ2) is 9.85. The van der Waals surface area contributed by atoms with Gasteiger partial charge < -0.3 is 10.1 Å². The molecule has 1 N–H and O–H groups in total. The van der Waals surface area contributed by atoms with Crippen LogP contribution in [-0.4, -0.2) is 27.1 Å². The van der Waals surface area contributed by atoms with E-state index in [9.17, 15) is 14.9 Å². The number of esters is 1. The zero-order chi connectivity index (χ0) is 23.4. The lowest BCUT2D eigenvalue weighted by molar-refractivity contribution is -0.384. The highest BCUT2D eigenvalue weighted by atomic mass is 16.6. The summed E-state index contributed by atoms with van der Waals surface area (Å²) in [6.07, 6.45) is 5.33. The lowest BCUT2D eigenvalue weighted by Crippen LogP contribution is -2.29.